The Morgan fingerprint density at radius 1 is 0.871 bits per heavy atom. The molecule has 0 spiro atoms. The largest absolute Gasteiger partial charge is 0.308 e. The molecule has 0 saturated heterocycles. The topological polar surface area (TPSA) is 45.6 Å². The Balaban J connectivity index is 1.87. The van der Waals surface area contributed by atoms with Gasteiger partial charge in [-0.25, -0.2) is 12.4 Å². The lowest BCUT2D eigenvalue weighted by atomic mass is 10.2. The molecule has 5 nitrogen and oxygen atoms in total. The van der Waals surface area contributed by atoms with Gasteiger partial charge in [0.2, 0.25) is 0 Å². The number of aromatic nitrogens is 1. The molecule has 166 valence electrons. The van der Waals surface area contributed by atoms with Crippen LogP contribution in [0.2, 0.25) is 0 Å². The smallest absolute Gasteiger partial charge is 0.267 e. The fourth-order valence-electron chi connectivity index (χ4n) is 3.17. The third kappa shape index (κ3) is 6.46. The lowest BCUT2D eigenvalue weighted by Crippen LogP contribution is -2.28. The molecule has 0 radical (unpaired) electrons. The maximum absolute atomic E-state index is 13.2. The van der Waals surface area contributed by atoms with Gasteiger partial charge in [-0.1, -0.05) is 35.9 Å². The van der Waals surface area contributed by atoms with Crippen molar-refractivity contribution in [3.05, 3.63) is 83.7 Å². The zero-order valence-electron chi connectivity index (χ0n) is 18.7. The second-order valence-electron chi connectivity index (χ2n) is 8.10. The molecule has 31 heavy (non-hydrogen) atoms. The van der Waals surface area contributed by atoms with Gasteiger partial charge in [0.25, 0.3) is 10.0 Å². The number of hydrogen-bond acceptors (Lipinski definition) is 5. The van der Waals surface area contributed by atoms with Crippen LogP contribution in [0.25, 0.3) is 0 Å². The zero-order valence-corrected chi connectivity index (χ0v) is 20.3. The van der Waals surface area contributed by atoms with Gasteiger partial charge in [0.15, 0.2) is 0 Å². The van der Waals surface area contributed by atoms with E-state index in [-0.39, 0.29) is 0 Å². The first-order valence-corrected chi connectivity index (χ1v) is 12.7. The first-order valence-electron chi connectivity index (χ1n) is 10.3. The average Bonchev–Trinajstić information content (AvgIpc) is 3.15. The summed E-state index contributed by atoms with van der Waals surface area (Å²) in [5, 5.41) is 0. The van der Waals surface area contributed by atoms with Crippen LogP contribution in [0.3, 0.4) is 0 Å². The molecule has 1 heterocycles. The first kappa shape index (κ1) is 23.6. The Morgan fingerprint density at radius 3 is 2.16 bits per heavy atom. The Kier molecular flexibility index (Phi) is 8.00. The summed E-state index contributed by atoms with van der Waals surface area (Å²) >= 11 is 1.72. The summed E-state index contributed by atoms with van der Waals surface area (Å²) in [4.78, 5) is 5.86. The molecule has 0 bridgehead atoms. The van der Waals surface area contributed by atoms with E-state index in [1.807, 2.05) is 37.3 Å². The maximum atomic E-state index is 13.2. The van der Waals surface area contributed by atoms with Crippen LogP contribution in [0, 0.1) is 6.92 Å². The van der Waals surface area contributed by atoms with Crippen LogP contribution in [0.1, 0.15) is 16.7 Å². The number of likely N-dealkylation sites (N-methyl/N-ethyl adjacent to an activating group) is 2. The molecule has 0 fully saturated rings. The van der Waals surface area contributed by atoms with Gasteiger partial charge in [-0.05, 0) is 63.5 Å². The number of benzene rings is 2. The first-order chi connectivity index (χ1) is 14.8. The molecule has 1 aromatic heterocycles. The summed E-state index contributed by atoms with van der Waals surface area (Å²) in [5.41, 5.74) is 3.12. The van der Waals surface area contributed by atoms with E-state index in [4.69, 9.17) is 0 Å². The highest BCUT2D eigenvalue weighted by Crippen LogP contribution is 2.27. The van der Waals surface area contributed by atoms with Gasteiger partial charge < -0.3 is 9.80 Å². The van der Waals surface area contributed by atoms with Gasteiger partial charge in [0, 0.05) is 42.7 Å². The van der Waals surface area contributed by atoms with Crippen molar-refractivity contribution < 1.29 is 8.42 Å². The Labute approximate surface area is 190 Å². The van der Waals surface area contributed by atoms with E-state index in [1.54, 1.807) is 36.3 Å². The molecular formula is C24H31N3O2S2. The van der Waals surface area contributed by atoms with Gasteiger partial charge in [0.05, 0.1) is 4.90 Å². The van der Waals surface area contributed by atoms with Crippen molar-refractivity contribution in [2.45, 2.75) is 29.0 Å². The van der Waals surface area contributed by atoms with Crippen molar-refractivity contribution in [2.24, 2.45) is 0 Å². The molecule has 0 aliphatic carbocycles. The summed E-state index contributed by atoms with van der Waals surface area (Å²) in [6.07, 6.45) is 3.56. The molecule has 3 aromatic rings. The molecule has 0 unspecified atom stereocenters. The number of nitrogens with zero attached hydrogens (tertiary/aromatic N) is 3. The average molecular weight is 458 g/mol. The number of rotatable bonds is 10. The van der Waals surface area contributed by atoms with E-state index in [9.17, 15) is 8.42 Å². The van der Waals surface area contributed by atoms with Crippen molar-refractivity contribution in [3.63, 3.8) is 0 Å². The molecule has 7 heteroatoms. The molecular weight excluding hydrogens is 426 g/mol. The summed E-state index contributed by atoms with van der Waals surface area (Å²) < 4.78 is 27.8. The van der Waals surface area contributed by atoms with Gasteiger partial charge in [-0.3, -0.25) is 0 Å². The minimum absolute atomic E-state index is 0.308. The normalized spacial score (nSPS) is 12.1. The van der Waals surface area contributed by atoms with E-state index in [2.05, 4.69) is 43.1 Å². The van der Waals surface area contributed by atoms with Gasteiger partial charge in [-0.2, -0.15) is 0 Å². The van der Waals surface area contributed by atoms with E-state index in [0.29, 0.717) is 11.4 Å². The molecule has 0 N–H and O–H groups in total. The predicted octanol–water partition coefficient (Wildman–Crippen LogP) is 4.32. The maximum Gasteiger partial charge on any atom is 0.267 e. The zero-order chi connectivity index (χ0) is 22.4. The van der Waals surface area contributed by atoms with Crippen LogP contribution in [-0.2, 0) is 22.3 Å². The van der Waals surface area contributed by atoms with Crippen molar-refractivity contribution in [3.8, 4) is 0 Å². The van der Waals surface area contributed by atoms with Crippen LogP contribution in [-0.4, -0.2) is 56.4 Å². The summed E-state index contributed by atoms with van der Waals surface area (Å²) in [7, 11) is 2.56. The van der Waals surface area contributed by atoms with Crippen molar-refractivity contribution >= 4 is 21.8 Å². The second kappa shape index (κ2) is 10.5. The fourth-order valence-corrected chi connectivity index (χ4v) is 5.36. The second-order valence-corrected chi connectivity index (χ2v) is 11.0. The third-order valence-electron chi connectivity index (χ3n) is 5.08. The molecule has 0 aliphatic rings. The minimum Gasteiger partial charge on any atom is -0.308 e. The lowest BCUT2D eigenvalue weighted by Gasteiger charge is -2.19. The molecule has 0 aliphatic heterocycles. The minimum atomic E-state index is -3.62. The lowest BCUT2D eigenvalue weighted by molar-refractivity contribution is 0.276. The molecule has 2 aromatic carbocycles. The number of thioether (sulfide) groups is 1. The van der Waals surface area contributed by atoms with Crippen LogP contribution in [0.4, 0.5) is 0 Å². The summed E-state index contributed by atoms with van der Waals surface area (Å²) in [6.45, 7) is 4.52. The molecule has 0 saturated carbocycles. The van der Waals surface area contributed by atoms with Gasteiger partial charge in [-0.15, -0.1) is 11.8 Å². The van der Waals surface area contributed by atoms with Gasteiger partial charge in [0.1, 0.15) is 0 Å². The highest BCUT2D eigenvalue weighted by molar-refractivity contribution is 7.98. The summed E-state index contributed by atoms with van der Waals surface area (Å²) in [5.74, 6) is 0.720. The monoisotopic (exact) mass is 457 g/mol. The number of aryl methyl sites for hydroxylation is 1. The quantitative estimate of drug-likeness (QED) is 0.424. The fraction of sp³-hybridized carbons (Fsp3) is 0.333. The van der Waals surface area contributed by atoms with Crippen molar-refractivity contribution in [1.29, 1.82) is 0 Å². The van der Waals surface area contributed by atoms with E-state index in [0.717, 1.165) is 35.5 Å². The standard InChI is InChI=1S/C24H31N3O2S2/c1-20-10-12-24(13-11-20)31(28,29)27-17-21(16-26(4)15-14-25(2)3)22(18-27)19-30-23-8-6-5-7-9-23/h5-13,17-18H,14-16,19H2,1-4H3. The van der Waals surface area contributed by atoms with Crippen molar-refractivity contribution in [2.75, 3.05) is 34.2 Å². The SMILES string of the molecule is Cc1ccc(S(=O)(=O)n2cc(CSc3ccccc3)c(CN(C)CCN(C)C)c2)cc1. The Bertz CT molecular complexity index is 1080. The Hall–Kier alpha value is -2.06. The predicted molar refractivity (Wildman–Crippen MR) is 129 cm³/mol. The number of hydrogen-bond donors (Lipinski definition) is 0. The highest BCUT2D eigenvalue weighted by atomic mass is 32.2. The van der Waals surface area contributed by atoms with E-state index < -0.39 is 10.0 Å². The highest BCUT2D eigenvalue weighted by Gasteiger charge is 2.20. The van der Waals surface area contributed by atoms with Gasteiger partial charge >= 0.3 is 0 Å². The summed E-state index contributed by atoms with van der Waals surface area (Å²) in [6, 6.07) is 17.2. The third-order valence-corrected chi connectivity index (χ3v) is 7.78. The Morgan fingerprint density at radius 2 is 1.52 bits per heavy atom. The van der Waals surface area contributed by atoms with E-state index >= 15 is 0 Å². The molecule has 0 amide bonds. The molecule has 3 rings (SSSR count). The van der Waals surface area contributed by atoms with Crippen LogP contribution in [0.15, 0.2) is 76.8 Å². The van der Waals surface area contributed by atoms with Crippen LogP contribution < -0.4 is 0 Å². The van der Waals surface area contributed by atoms with Crippen LogP contribution in [0.5, 0.6) is 0 Å². The van der Waals surface area contributed by atoms with Crippen LogP contribution >= 0.6 is 11.8 Å². The van der Waals surface area contributed by atoms with Crippen molar-refractivity contribution in [1.82, 2.24) is 13.8 Å². The van der Waals surface area contributed by atoms with E-state index in [1.165, 1.54) is 8.87 Å². The molecule has 0 atom stereocenters.